The van der Waals surface area contributed by atoms with Crippen LogP contribution >= 0.6 is 0 Å². The number of carboxylic acids is 1. The van der Waals surface area contributed by atoms with Gasteiger partial charge >= 0.3 is 11.7 Å². The van der Waals surface area contributed by atoms with Crippen LogP contribution in [0.2, 0.25) is 0 Å². The summed E-state index contributed by atoms with van der Waals surface area (Å²) in [6, 6.07) is 0.493. The number of ether oxygens (including phenoxy) is 2. The molecular weight excluding hydrogens is 275 g/mol. The van der Waals surface area contributed by atoms with Gasteiger partial charge in [-0.05, 0) is 0 Å². The van der Waals surface area contributed by atoms with E-state index >= 15 is 0 Å². The quantitative estimate of drug-likeness (QED) is 0.573. The third kappa shape index (κ3) is 3.54. The van der Waals surface area contributed by atoms with Crippen LogP contribution in [0.5, 0.6) is 5.75 Å². The Hall–Kier alpha value is -2.42. The first-order valence-corrected chi connectivity index (χ1v) is 5.41. The highest BCUT2D eigenvalue weighted by Gasteiger charge is 2.23. The molecule has 1 atom stereocenters. The number of aliphatic carboxylic acids is 1. The molecule has 0 saturated carbocycles. The second kappa shape index (κ2) is 6.66. The fourth-order valence-electron chi connectivity index (χ4n) is 1.49. The van der Waals surface area contributed by atoms with Crippen molar-refractivity contribution in [1.29, 1.82) is 0 Å². The number of nitrogens with one attached hydrogen (secondary N) is 1. The van der Waals surface area contributed by atoms with Gasteiger partial charge in [-0.2, -0.15) is 0 Å². The Labute approximate surface area is 113 Å². The highest BCUT2D eigenvalue weighted by Crippen LogP contribution is 2.32. The number of anilines is 1. The fraction of sp³-hybridized carbons (Fsp3) is 0.364. The minimum absolute atomic E-state index is 0.180. The fourth-order valence-corrected chi connectivity index (χ4v) is 1.49. The number of carboxylic acid groups (broad SMARTS) is 1. The van der Waals surface area contributed by atoms with Crippen molar-refractivity contribution in [2.75, 3.05) is 26.1 Å². The van der Waals surface area contributed by atoms with E-state index in [4.69, 9.17) is 14.6 Å². The summed E-state index contributed by atoms with van der Waals surface area (Å²) in [6.07, 6.45) is 0. The first-order chi connectivity index (χ1) is 9.40. The molecule has 0 amide bonds. The van der Waals surface area contributed by atoms with E-state index in [1.54, 1.807) is 0 Å². The molecular formula is C11H13FN2O6. The second-order valence-electron chi connectivity index (χ2n) is 3.75. The van der Waals surface area contributed by atoms with Gasteiger partial charge in [0.25, 0.3) is 0 Å². The molecule has 0 heterocycles. The van der Waals surface area contributed by atoms with Gasteiger partial charge < -0.3 is 19.9 Å². The van der Waals surface area contributed by atoms with E-state index in [1.807, 2.05) is 0 Å². The smallest absolute Gasteiger partial charge is 0.328 e. The number of methoxy groups -OCH3 is 2. The Morgan fingerprint density at radius 2 is 2.20 bits per heavy atom. The third-order valence-electron chi connectivity index (χ3n) is 2.43. The van der Waals surface area contributed by atoms with Crippen LogP contribution in [0.4, 0.5) is 15.8 Å². The summed E-state index contributed by atoms with van der Waals surface area (Å²) in [7, 11) is 2.48. The normalized spacial score (nSPS) is 11.8. The van der Waals surface area contributed by atoms with E-state index in [0.29, 0.717) is 6.07 Å². The molecule has 20 heavy (non-hydrogen) atoms. The highest BCUT2D eigenvalue weighted by atomic mass is 19.1. The molecule has 1 rings (SSSR count). The lowest BCUT2D eigenvalue weighted by molar-refractivity contribution is -0.385. The Bertz CT molecular complexity index is 522. The summed E-state index contributed by atoms with van der Waals surface area (Å²) in [5, 5.41) is 22.0. The molecule has 2 N–H and O–H groups in total. The molecule has 110 valence electrons. The van der Waals surface area contributed by atoms with Gasteiger partial charge in [0.15, 0.2) is 11.6 Å². The van der Waals surface area contributed by atoms with Gasteiger partial charge in [-0.15, -0.1) is 0 Å². The van der Waals surface area contributed by atoms with Crippen LogP contribution < -0.4 is 10.1 Å². The maximum absolute atomic E-state index is 13.7. The first kappa shape index (κ1) is 15.6. The minimum Gasteiger partial charge on any atom is -0.490 e. The lowest BCUT2D eigenvalue weighted by Gasteiger charge is -2.16. The SMILES string of the molecule is COCC(Nc1cc(OC)c([N+](=O)[O-])cc1F)C(=O)O. The van der Waals surface area contributed by atoms with Crippen LogP contribution in [0, 0.1) is 15.9 Å². The lowest BCUT2D eigenvalue weighted by atomic mass is 10.2. The Morgan fingerprint density at radius 3 is 2.65 bits per heavy atom. The van der Waals surface area contributed by atoms with Crippen LogP contribution in [-0.2, 0) is 9.53 Å². The Kier molecular flexibility index (Phi) is 5.21. The van der Waals surface area contributed by atoms with Gasteiger partial charge in [0.1, 0.15) is 6.04 Å². The maximum Gasteiger partial charge on any atom is 0.328 e. The summed E-state index contributed by atoms with van der Waals surface area (Å²) in [6.45, 7) is -0.200. The molecule has 0 aromatic heterocycles. The molecule has 9 heteroatoms. The Balaban J connectivity index is 3.12. The van der Waals surface area contributed by atoms with Crippen molar-refractivity contribution in [3.63, 3.8) is 0 Å². The van der Waals surface area contributed by atoms with E-state index in [1.165, 1.54) is 14.2 Å². The third-order valence-corrected chi connectivity index (χ3v) is 2.43. The van der Waals surface area contributed by atoms with Gasteiger partial charge in [-0.3, -0.25) is 10.1 Å². The van der Waals surface area contributed by atoms with Crippen molar-refractivity contribution < 1.29 is 28.7 Å². The Morgan fingerprint density at radius 1 is 1.55 bits per heavy atom. The maximum atomic E-state index is 13.7. The van der Waals surface area contributed by atoms with Crippen molar-refractivity contribution >= 4 is 17.3 Å². The topological polar surface area (TPSA) is 111 Å². The molecule has 0 aliphatic rings. The zero-order chi connectivity index (χ0) is 15.3. The molecule has 1 aromatic rings. The van der Waals surface area contributed by atoms with E-state index in [2.05, 4.69) is 5.32 Å². The predicted molar refractivity (Wildman–Crippen MR) is 66.5 cm³/mol. The number of carbonyl (C=O) groups is 1. The highest BCUT2D eigenvalue weighted by molar-refractivity contribution is 5.78. The van der Waals surface area contributed by atoms with Crippen LogP contribution in [0.3, 0.4) is 0 Å². The summed E-state index contributed by atoms with van der Waals surface area (Å²) >= 11 is 0. The summed E-state index contributed by atoms with van der Waals surface area (Å²) < 4.78 is 23.2. The first-order valence-electron chi connectivity index (χ1n) is 5.41. The van der Waals surface area contributed by atoms with E-state index < -0.39 is 28.4 Å². The average molecular weight is 288 g/mol. The van der Waals surface area contributed by atoms with Crippen molar-refractivity contribution in [2.24, 2.45) is 0 Å². The van der Waals surface area contributed by atoms with Crippen molar-refractivity contribution in [3.05, 3.63) is 28.1 Å². The standard InChI is InChI=1S/C11H13FN2O6/c1-19-5-8(11(15)16)13-7-4-10(20-2)9(14(17)18)3-6(7)12/h3-4,8,13H,5H2,1-2H3,(H,15,16). The zero-order valence-corrected chi connectivity index (χ0v) is 10.8. The second-order valence-corrected chi connectivity index (χ2v) is 3.75. The number of nitro benzene ring substituents is 1. The summed E-state index contributed by atoms with van der Waals surface area (Å²) in [4.78, 5) is 20.8. The van der Waals surface area contributed by atoms with Gasteiger partial charge in [0.2, 0.25) is 0 Å². The monoisotopic (exact) mass is 288 g/mol. The van der Waals surface area contributed by atoms with Crippen LogP contribution in [0.25, 0.3) is 0 Å². The van der Waals surface area contributed by atoms with E-state index in [9.17, 15) is 19.3 Å². The van der Waals surface area contributed by atoms with E-state index in [0.717, 1.165) is 6.07 Å². The van der Waals surface area contributed by atoms with Crippen LogP contribution in [0.15, 0.2) is 12.1 Å². The van der Waals surface area contributed by atoms with Gasteiger partial charge in [0, 0.05) is 13.2 Å². The zero-order valence-electron chi connectivity index (χ0n) is 10.8. The van der Waals surface area contributed by atoms with Crippen molar-refractivity contribution in [3.8, 4) is 5.75 Å². The molecule has 0 spiro atoms. The largest absolute Gasteiger partial charge is 0.490 e. The van der Waals surface area contributed by atoms with Crippen molar-refractivity contribution in [2.45, 2.75) is 6.04 Å². The van der Waals surface area contributed by atoms with Crippen LogP contribution in [0.1, 0.15) is 0 Å². The van der Waals surface area contributed by atoms with Gasteiger partial charge in [0.05, 0.1) is 30.4 Å². The van der Waals surface area contributed by atoms with Crippen molar-refractivity contribution in [1.82, 2.24) is 0 Å². The number of benzene rings is 1. The lowest BCUT2D eigenvalue weighted by Crippen LogP contribution is -2.33. The van der Waals surface area contributed by atoms with Crippen LogP contribution in [-0.4, -0.2) is 42.9 Å². The van der Waals surface area contributed by atoms with E-state index in [-0.39, 0.29) is 18.0 Å². The molecule has 0 aliphatic carbocycles. The summed E-state index contributed by atoms with van der Waals surface area (Å²) in [5.74, 6) is -2.39. The molecule has 8 nitrogen and oxygen atoms in total. The van der Waals surface area contributed by atoms with Gasteiger partial charge in [-0.1, -0.05) is 0 Å². The summed E-state index contributed by atoms with van der Waals surface area (Å²) in [5.41, 5.74) is -0.772. The number of nitrogens with zero attached hydrogens (tertiary/aromatic N) is 1. The number of rotatable bonds is 7. The molecule has 0 aliphatic heterocycles. The number of nitro groups is 1. The molecule has 0 fully saturated rings. The molecule has 1 aromatic carbocycles. The van der Waals surface area contributed by atoms with Gasteiger partial charge in [-0.25, -0.2) is 9.18 Å². The predicted octanol–water partition coefficient (Wildman–Crippen LogP) is 1.25. The number of hydrogen-bond acceptors (Lipinski definition) is 6. The average Bonchev–Trinajstić information content (AvgIpc) is 2.39. The molecule has 1 unspecified atom stereocenters. The molecule has 0 radical (unpaired) electrons. The number of halogens is 1. The minimum atomic E-state index is -1.25. The number of hydrogen-bond donors (Lipinski definition) is 2. The molecule has 0 saturated heterocycles. The molecule has 0 bridgehead atoms.